The summed E-state index contributed by atoms with van der Waals surface area (Å²) in [7, 11) is 0. The minimum Gasteiger partial charge on any atom is -0.338 e. The van der Waals surface area contributed by atoms with E-state index in [2.05, 4.69) is 17.1 Å². The van der Waals surface area contributed by atoms with Gasteiger partial charge in [0.1, 0.15) is 0 Å². The number of nitrogens with one attached hydrogen (secondary N) is 1. The van der Waals surface area contributed by atoms with Gasteiger partial charge in [0.2, 0.25) is 0 Å². The summed E-state index contributed by atoms with van der Waals surface area (Å²) in [5, 5.41) is 6.91. The summed E-state index contributed by atoms with van der Waals surface area (Å²) in [5.74, 6) is 0.754. The molecule has 15 heavy (non-hydrogen) atoms. The zero-order valence-corrected chi connectivity index (χ0v) is 9.50. The van der Waals surface area contributed by atoms with Crippen LogP contribution in [0.5, 0.6) is 0 Å². The second kappa shape index (κ2) is 3.68. The average Bonchev–Trinajstić information content (AvgIpc) is 2.73. The van der Waals surface area contributed by atoms with E-state index < -0.39 is 0 Å². The number of hydrogen-bond acceptors (Lipinski definition) is 2. The second-order valence-electron chi connectivity index (χ2n) is 4.45. The van der Waals surface area contributed by atoms with Gasteiger partial charge in [0, 0.05) is 18.8 Å². The number of likely N-dealkylation sites (tertiary alicyclic amines) is 1. The lowest BCUT2D eigenvalue weighted by molar-refractivity contribution is 0.0786. The standard InChI is InChI=1S/C11H17N3O/c1-7-4-5-14(6-7)11(15)10-8(2)12-13-9(10)3/h7H,4-6H2,1-3H3,(H,12,13). The van der Waals surface area contributed by atoms with Crippen LogP contribution < -0.4 is 0 Å². The molecule has 0 spiro atoms. The number of carbonyl (C=O) groups is 1. The fourth-order valence-electron chi connectivity index (χ4n) is 2.14. The summed E-state index contributed by atoms with van der Waals surface area (Å²) in [6, 6.07) is 0. The molecule has 0 aliphatic carbocycles. The highest BCUT2D eigenvalue weighted by molar-refractivity contribution is 5.96. The van der Waals surface area contributed by atoms with Crippen molar-refractivity contribution in [2.75, 3.05) is 13.1 Å². The molecule has 1 amide bonds. The molecule has 1 aromatic rings. The van der Waals surface area contributed by atoms with Crippen LogP contribution in [0, 0.1) is 19.8 Å². The Morgan fingerprint density at radius 2 is 2.27 bits per heavy atom. The van der Waals surface area contributed by atoms with Crippen molar-refractivity contribution in [1.82, 2.24) is 15.1 Å². The quantitative estimate of drug-likeness (QED) is 0.758. The molecular weight excluding hydrogens is 190 g/mol. The summed E-state index contributed by atoms with van der Waals surface area (Å²) in [6.45, 7) is 7.71. The van der Waals surface area contributed by atoms with Crippen molar-refractivity contribution >= 4 is 5.91 Å². The third-order valence-corrected chi connectivity index (χ3v) is 3.05. The Balaban J connectivity index is 2.21. The van der Waals surface area contributed by atoms with Gasteiger partial charge >= 0.3 is 0 Å². The molecule has 1 aliphatic rings. The zero-order valence-electron chi connectivity index (χ0n) is 9.50. The lowest BCUT2D eigenvalue weighted by Crippen LogP contribution is -2.29. The first kappa shape index (κ1) is 10.2. The van der Waals surface area contributed by atoms with E-state index in [-0.39, 0.29) is 5.91 Å². The van der Waals surface area contributed by atoms with Gasteiger partial charge < -0.3 is 4.90 Å². The first-order valence-electron chi connectivity index (χ1n) is 5.40. The Morgan fingerprint density at radius 3 is 2.73 bits per heavy atom. The number of carbonyl (C=O) groups excluding carboxylic acids is 1. The Labute approximate surface area is 89.7 Å². The zero-order chi connectivity index (χ0) is 11.0. The number of aromatic nitrogens is 2. The van der Waals surface area contributed by atoms with Crippen molar-refractivity contribution in [1.29, 1.82) is 0 Å². The Kier molecular flexibility index (Phi) is 2.50. The van der Waals surface area contributed by atoms with Gasteiger partial charge in [-0.15, -0.1) is 0 Å². The van der Waals surface area contributed by atoms with Gasteiger partial charge in [-0.2, -0.15) is 5.10 Å². The number of nitrogens with zero attached hydrogens (tertiary/aromatic N) is 2. The van der Waals surface area contributed by atoms with Gasteiger partial charge in [0.15, 0.2) is 0 Å². The van der Waals surface area contributed by atoms with E-state index in [1.165, 1.54) is 0 Å². The van der Waals surface area contributed by atoms with Gasteiger partial charge in [-0.3, -0.25) is 9.89 Å². The van der Waals surface area contributed by atoms with Crippen LogP contribution in [0.2, 0.25) is 0 Å². The molecule has 1 N–H and O–H groups in total. The van der Waals surface area contributed by atoms with Gasteiger partial charge in [0.25, 0.3) is 5.91 Å². The average molecular weight is 207 g/mol. The highest BCUT2D eigenvalue weighted by Crippen LogP contribution is 2.20. The summed E-state index contributed by atoms with van der Waals surface area (Å²) in [4.78, 5) is 14.1. The maximum Gasteiger partial charge on any atom is 0.257 e. The van der Waals surface area contributed by atoms with E-state index in [1.807, 2.05) is 18.7 Å². The molecule has 2 rings (SSSR count). The minimum atomic E-state index is 0.128. The van der Waals surface area contributed by atoms with Gasteiger partial charge in [-0.05, 0) is 26.2 Å². The molecule has 0 bridgehead atoms. The first-order valence-corrected chi connectivity index (χ1v) is 5.40. The summed E-state index contributed by atoms with van der Waals surface area (Å²) in [5.41, 5.74) is 2.43. The van der Waals surface area contributed by atoms with Gasteiger partial charge in [-0.1, -0.05) is 6.92 Å². The molecule has 1 unspecified atom stereocenters. The van der Waals surface area contributed by atoms with Crippen LogP contribution >= 0.6 is 0 Å². The van der Waals surface area contributed by atoms with Crippen LogP contribution in [-0.2, 0) is 0 Å². The molecule has 1 aromatic heterocycles. The molecular formula is C11H17N3O. The van der Waals surface area contributed by atoms with E-state index in [4.69, 9.17) is 0 Å². The number of rotatable bonds is 1. The fraction of sp³-hybridized carbons (Fsp3) is 0.636. The molecule has 2 heterocycles. The number of amides is 1. The second-order valence-corrected chi connectivity index (χ2v) is 4.45. The SMILES string of the molecule is Cc1n[nH]c(C)c1C(=O)N1CCC(C)C1. The van der Waals surface area contributed by atoms with E-state index in [0.29, 0.717) is 5.92 Å². The third kappa shape index (κ3) is 1.76. The highest BCUT2D eigenvalue weighted by Gasteiger charge is 2.27. The van der Waals surface area contributed by atoms with Gasteiger partial charge in [-0.25, -0.2) is 0 Å². The monoisotopic (exact) mass is 207 g/mol. The van der Waals surface area contributed by atoms with E-state index in [9.17, 15) is 4.79 Å². The van der Waals surface area contributed by atoms with Crippen LogP contribution in [-0.4, -0.2) is 34.1 Å². The smallest absolute Gasteiger partial charge is 0.257 e. The van der Waals surface area contributed by atoms with Crippen LogP contribution in [0.15, 0.2) is 0 Å². The molecule has 1 atom stereocenters. The van der Waals surface area contributed by atoms with Crippen molar-refractivity contribution in [3.05, 3.63) is 17.0 Å². The van der Waals surface area contributed by atoms with Crippen LogP contribution in [0.25, 0.3) is 0 Å². The minimum absolute atomic E-state index is 0.128. The topological polar surface area (TPSA) is 49.0 Å². The normalized spacial score (nSPS) is 21.0. The predicted octanol–water partition coefficient (Wildman–Crippen LogP) is 1.51. The molecule has 0 radical (unpaired) electrons. The molecule has 82 valence electrons. The molecule has 1 fully saturated rings. The summed E-state index contributed by atoms with van der Waals surface area (Å²) in [6.07, 6.45) is 1.11. The summed E-state index contributed by atoms with van der Waals surface area (Å²) >= 11 is 0. The lowest BCUT2D eigenvalue weighted by atomic mass is 10.1. The Bertz CT molecular complexity index is 364. The Hall–Kier alpha value is -1.32. The first-order chi connectivity index (χ1) is 7.09. The molecule has 4 heteroatoms. The van der Waals surface area contributed by atoms with Crippen LogP contribution in [0.1, 0.15) is 35.1 Å². The highest BCUT2D eigenvalue weighted by atomic mass is 16.2. The van der Waals surface area contributed by atoms with E-state index in [1.54, 1.807) is 0 Å². The molecule has 1 saturated heterocycles. The largest absolute Gasteiger partial charge is 0.338 e. The van der Waals surface area contributed by atoms with Crippen molar-refractivity contribution in [3.8, 4) is 0 Å². The van der Waals surface area contributed by atoms with Crippen molar-refractivity contribution in [3.63, 3.8) is 0 Å². The summed E-state index contributed by atoms with van der Waals surface area (Å²) < 4.78 is 0. The molecule has 1 aliphatic heterocycles. The van der Waals surface area contributed by atoms with Crippen molar-refractivity contribution in [2.24, 2.45) is 5.92 Å². The lowest BCUT2D eigenvalue weighted by Gasteiger charge is -2.15. The number of H-pyrrole nitrogens is 1. The van der Waals surface area contributed by atoms with E-state index >= 15 is 0 Å². The van der Waals surface area contributed by atoms with E-state index in [0.717, 1.165) is 36.5 Å². The van der Waals surface area contributed by atoms with Crippen LogP contribution in [0.3, 0.4) is 0 Å². The fourth-order valence-corrected chi connectivity index (χ4v) is 2.14. The number of hydrogen-bond donors (Lipinski definition) is 1. The number of aromatic amines is 1. The molecule has 4 nitrogen and oxygen atoms in total. The third-order valence-electron chi connectivity index (χ3n) is 3.05. The van der Waals surface area contributed by atoms with Crippen molar-refractivity contribution in [2.45, 2.75) is 27.2 Å². The number of aryl methyl sites for hydroxylation is 2. The maximum absolute atomic E-state index is 12.2. The van der Waals surface area contributed by atoms with Gasteiger partial charge in [0.05, 0.1) is 11.3 Å². The maximum atomic E-state index is 12.2. The molecule has 0 saturated carbocycles. The van der Waals surface area contributed by atoms with Crippen LogP contribution in [0.4, 0.5) is 0 Å². The Morgan fingerprint density at radius 1 is 1.53 bits per heavy atom. The predicted molar refractivity (Wildman–Crippen MR) is 57.7 cm³/mol. The van der Waals surface area contributed by atoms with Crippen molar-refractivity contribution < 1.29 is 4.79 Å². The molecule has 0 aromatic carbocycles.